The molecule has 0 bridgehead atoms. The topological polar surface area (TPSA) is 69.9 Å². The number of benzene rings is 4. The first-order chi connectivity index (χ1) is 15.5. The zero-order valence-corrected chi connectivity index (χ0v) is 17.7. The van der Waals surface area contributed by atoms with Crippen LogP contribution >= 0.6 is 0 Å². The molecule has 4 aromatic carbocycles. The Hall–Kier alpha value is -3.92. The van der Waals surface area contributed by atoms with Gasteiger partial charge in [0.2, 0.25) is 0 Å². The van der Waals surface area contributed by atoms with E-state index in [4.69, 9.17) is 4.74 Å². The summed E-state index contributed by atoms with van der Waals surface area (Å²) >= 11 is 0. The largest absolute Gasteiger partial charge is 0.508 e. The maximum atomic E-state index is 10.1. The smallest absolute Gasteiger partial charge is 0.131 e. The fourth-order valence-electron chi connectivity index (χ4n) is 3.66. The molecule has 4 aromatic rings. The van der Waals surface area contributed by atoms with Crippen molar-refractivity contribution in [3.8, 4) is 28.7 Å². The van der Waals surface area contributed by atoms with Crippen molar-refractivity contribution in [2.24, 2.45) is 0 Å². The molecule has 0 heterocycles. The standard InChI is InChI=1S/C28H26O4/c29-24-12-8-20(9-13-24)5-7-23-17-26(31)19-28(18-23)32-27-14-10-21(11-15-27)4-6-22-2-1-3-25(30)16-22/h1-3,8-19,29-31H,4-7H2. The fraction of sp³-hybridized carbons (Fsp3) is 0.143. The van der Waals surface area contributed by atoms with E-state index in [-0.39, 0.29) is 11.5 Å². The van der Waals surface area contributed by atoms with Crippen LogP contribution in [0.4, 0.5) is 0 Å². The first-order valence-electron chi connectivity index (χ1n) is 10.7. The number of rotatable bonds is 8. The average Bonchev–Trinajstić information content (AvgIpc) is 2.78. The average molecular weight is 427 g/mol. The summed E-state index contributed by atoms with van der Waals surface area (Å²) in [6.07, 6.45) is 3.28. The number of phenols is 3. The summed E-state index contributed by atoms with van der Waals surface area (Å²) in [5.41, 5.74) is 4.39. The van der Waals surface area contributed by atoms with Gasteiger partial charge < -0.3 is 20.1 Å². The predicted molar refractivity (Wildman–Crippen MR) is 126 cm³/mol. The number of hydrogen-bond donors (Lipinski definition) is 3. The minimum absolute atomic E-state index is 0.172. The van der Waals surface area contributed by atoms with Crippen LogP contribution in [-0.2, 0) is 25.7 Å². The van der Waals surface area contributed by atoms with Crippen molar-refractivity contribution in [3.05, 3.63) is 113 Å². The summed E-state index contributed by atoms with van der Waals surface area (Å²) in [7, 11) is 0. The van der Waals surface area contributed by atoms with Gasteiger partial charge in [-0.3, -0.25) is 0 Å². The third-order valence-electron chi connectivity index (χ3n) is 5.36. The Morgan fingerprint density at radius 1 is 0.438 bits per heavy atom. The van der Waals surface area contributed by atoms with Crippen LogP contribution in [0.5, 0.6) is 28.7 Å². The first-order valence-corrected chi connectivity index (χ1v) is 10.7. The molecule has 0 fully saturated rings. The van der Waals surface area contributed by atoms with Gasteiger partial charge in [-0.15, -0.1) is 0 Å². The van der Waals surface area contributed by atoms with Crippen molar-refractivity contribution in [2.75, 3.05) is 0 Å². The second-order valence-electron chi connectivity index (χ2n) is 7.92. The minimum Gasteiger partial charge on any atom is -0.508 e. The molecule has 4 rings (SSSR count). The zero-order valence-electron chi connectivity index (χ0n) is 17.7. The molecule has 4 nitrogen and oxygen atoms in total. The molecule has 4 heteroatoms. The van der Waals surface area contributed by atoms with Crippen molar-refractivity contribution < 1.29 is 20.1 Å². The normalized spacial score (nSPS) is 10.8. The summed E-state index contributed by atoms with van der Waals surface area (Å²) < 4.78 is 5.98. The third-order valence-corrected chi connectivity index (χ3v) is 5.36. The highest BCUT2D eigenvalue weighted by atomic mass is 16.5. The Balaban J connectivity index is 1.36. The van der Waals surface area contributed by atoms with Crippen LogP contribution in [0.25, 0.3) is 0 Å². The highest BCUT2D eigenvalue weighted by Crippen LogP contribution is 2.28. The lowest BCUT2D eigenvalue weighted by Crippen LogP contribution is -1.93. The molecule has 0 aromatic heterocycles. The summed E-state index contributed by atoms with van der Waals surface area (Å²) in [5, 5.41) is 29.1. The van der Waals surface area contributed by atoms with Crippen molar-refractivity contribution >= 4 is 0 Å². The summed E-state index contributed by atoms with van der Waals surface area (Å²) in [4.78, 5) is 0. The van der Waals surface area contributed by atoms with Gasteiger partial charge in [-0.1, -0.05) is 36.4 Å². The Kier molecular flexibility index (Phi) is 6.61. The van der Waals surface area contributed by atoms with Gasteiger partial charge in [-0.25, -0.2) is 0 Å². The molecule has 0 aliphatic rings. The van der Waals surface area contributed by atoms with Crippen LogP contribution in [0.3, 0.4) is 0 Å². The van der Waals surface area contributed by atoms with Gasteiger partial charge in [-0.2, -0.15) is 0 Å². The highest BCUT2D eigenvalue weighted by molar-refractivity contribution is 5.41. The van der Waals surface area contributed by atoms with E-state index in [9.17, 15) is 15.3 Å². The van der Waals surface area contributed by atoms with Crippen LogP contribution in [0.1, 0.15) is 22.3 Å². The Morgan fingerprint density at radius 3 is 1.72 bits per heavy atom. The first kappa shape index (κ1) is 21.3. The molecule has 0 saturated carbocycles. The second-order valence-corrected chi connectivity index (χ2v) is 7.92. The molecule has 0 saturated heterocycles. The molecule has 0 aliphatic heterocycles. The van der Waals surface area contributed by atoms with Crippen molar-refractivity contribution in [2.45, 2.75) is 25.7 Å². The zero-order chi connectivity index (χ0) is 22.3. The molecule has 0 unspecified atom stereocenters. The molecular formula is C28H26O4. The SMILES string of the molecule is Oc1ccc(CCc2cc(O)cc(Oc3ccc(CCc4cccc(O)c4)cc3)c2)cc1. The van der Waals surface area contributed by atoms with Gasteiger partial charge in [0.05, 0.1) is 0 Å². The van der Waals surface area contributed by atoms with Crippen molar-refractivity contribution in [1.82, 2.24) is 0 Å². The van der Waals surface area contributed by atoms with Gasteiger partial charge in [0.15, 0.2) is 0 Å². The van der Waals surface area contributed by atoms with Crippen molar-refractivity contribution in [1.29, 1.82) is 0 Å². The van der Waals surface area contributed by atoms with E-state index in [1.54, 1.807) is 36.4 Å². The minimum atomic E-state index is 0.172. The van der Waals surface area contributed by atoms with Gasteiger partial charge in [0, 0.05) is 6.07 Å². The van der Waals surface area contributed by atoms with Crippen LogP contribution in [0, 0.1) is 0 Å². The number of ether oxygens (including phenoxy) is 1. The maximum Gasteiger partial charge on any atom is 0.131 e. The number of phenolic OH excluding ortho intramolecular Hbond substituents is 3. The van der Waals surface area contributed by atoms with E-state index in [2.05, 4.69) is 0 Å². The predicted octanol–water partition coefficient (Wildman–Crippen LogP) is 6.17. The van der Waals surface area contributed by atoms with E-state index in [0.29, 0.717) is 17.2 Å². The Labute approximate surface area is 188 Å². The van der Waals surface area contributed by atoms with Crippen LogP contribution in [0.15, 0.2) is 91.0 Å². The summed E-state index contributed by atoms with van der Waals surface area (Å²) in [6, 6.07) is 27.7. The molecule has 0 spiro atoms. The lowest BCUT2D eigenvalue weighted by molar-refractivity contribution is 0.454. The van der Waals surface area contributed by atoms with E-state index in [1.165, 1.54) is 5.56 Å². The number of aryl methyl sites for hydroxylation is 4. The molecular weight excluding hydrogens is 400 g/mol. The monoisotopic (exact) mass is 426 g/mol. The Bertz CT molecular complexity index is 1160. The maximum absolute atomic E-state index is 10.1. The van der Waals surface area contributed by atoms with Crippen molar-refractivity contribution in [3.63, 3.8) is 0 Å². The highest BCUT2D eigenvalue weighted by Gasteiger charge is 2.05. The van der Waals surface area contributed by atoms with E-state index < -0.39 is 0 Å². The number of hydrogen-bond acceptors (Lipinski definition) is 4. The van der Waals surface area contributed by atoms with E-state index >= 15 is 0 Å². The third kappa shape index (κ3) is 6.05. The van der Waals surface area contributed by atoms with Crippen LogP contribution in [-0.4, -0.2) is 15.3 Å². The Morgan fingerprint density at radius 2 is 1.03 bits per heavy atom. The van der Waals surface area contributed by atoms with E-state index in [0.717, 1.165) is 42.4 Å². The summed E-state index contributed by atoms with van der Waals surface area (Å²) in [5.74, 6) is 2.03. The molecule has 32 heavy (non-hydrogen) atoms. The molecule has 0 aliphatic carbocycles. The van der Waals surface area contributed by atoms with Gasteiger partial charge in [0.25, 0.3) is 0 Å². The summed E-state index contributed by atoms with van der Waals surface area (Å²) in [6.45, 7) is 0. The van der Waals surface area contributed by atoms with E-state index in [1.807, 2.05) is 54.6 Å². The van der Waals surface area contributed by atoms with Crippen LogP contribution < -0.4 is 4.74 Å². The molecule has 0 atom stereocenters. The van der Waals surface area contributed by atoms with Gasteiger partial charge >= 0.3 is 0 Å². The fourth-order valence-corrected chi connectivity index (χ4v) is 3.66. The molecule has 0 radical (unpaired) electrons. The lowest BCUT2D eigenvalue weighted by Gasteiger charge is -2.10. The number of aromatic hydroxyl groups is 3. The van der Waals surface area contributed by atoms with Gasteiger partial charge in [0.1, 0.15) is 28.7 Å². The molecule has 0 amide bonds. The lowest BCUT2D eigenvalue weighted by atomic mass is 10.0. The van der Waals surface area contributed by atoms with Crippen LogP contribution in [0.2, 0.25) is 0 Å². The quantitative estimate of drug-likeness (QED) is 0.315. The van der Waals surface area contributed by atoms with Gasteiger partial charge in [-0.05, 0) is 96.5 Å². The second kappa shape index (κ2) is 9.92. The molecule has 3 N–H and O–H groups in total. The molecule has 162 valence electrons.